The van der Waals surface area contributed by atoms with E-state index in [0.29, 0.717) is 5.82 Å². The molecule has 0 aliphatic carbocycles. The van der Waals surface area contributed by atoms with E-state index in [4.69, 9.17) is 5.73 Å². The van der Waals surface area contributed by atoms with Crippen LogP contribution in [-0.4, -0.2) is 4.57 Å². The molecule has 1 atom stereocenters. The van der Waals surface area contributed by atoms with Gasteiger partial charge in [0.2, 0.25) is 0 Å². The molecule has 1 unspecified atom stereocenters. The Hall–Kier alpha value is -4.56. The van der Waals surface area contributed by atoms with Crippen LogP contribution in [0, 0.1) is 0 Å². The van der Waals surface area contributed by atoms with Crippen molar-refractivity contribution in [1.29, 1.82) is 0 Å². The highest BCUT2D eigenvalue weighted by molar-refractivity contribution is 6.03. The second-order valence-corrected chi connectivity index (χ2v) is 9.49. The van der Waals surface area contributed by atoms with Crippen molar-refractivity contribution < 1.29 is 0 Å². The maximum Gasteiger partial charge on any atom is 0.108 e. The molecule has 1 aromatic heterocycles. The standard InChI is InChI=1S/C37H38N2/c1-6-17-32-27(8-3)23-24-35-37(32)33(18-7-2)34(10-5)39(35)36(38)26-31(30-21-15-12-16-22-30)25-28(9-4)29-19-13-11-14-20-29/h6-8,10-26,28H,3,5,9,38H2,1-2,4H3/b17-6-,18-7-,31-25+,36-26+. The van der Waals surface area contributed by atoms with Crippen molar-refractivity contribution in [3.63, 3.8) is 0 Å². The molecule has 1 heterocycles. The SMILES string of the molecule is C=Cc1ccc2c(c1/C=C\C)c(/C=C\C)c(C=C)n2/C(N)=C/C(=C\C(CC)c1ccccc1)c1ccccc1. The van der Waals surface area contributed by atoms with Gasteiger partial charge in [-0.25, -0.2) is 0 Å². The number of rotatable bonds is 10. The molecular weight excluding hydrogens is 472 g/mol. The van der Waals surface area contributed by atoms with Crippen molar-refractivity contribution in [1.82, 2.24) is 4.57 Å². The molecule has 2 heteroatoms. The van der Waals surface area contributed by atoms with Crippen molar-refractivity contribution in [2.24, 2.45) is 5.73 Å². The van der Waals surface area contributed by atoms with E-state index >= 15 is 0 Å². The summed E-state index contributed by atoms with van der Waals surface area (Å²) in [6.07, 6.45) is 17.6. The van der Waals surface area contributed by atoms with Crippen LogP contribution in [0.15, 0.2) is 110 Å². The van der Waals surface area contributed by atoms with Gasteiger partial charge in [-0.1, -0.05) is 123 Å². The highest BCUT2D eigenvalue weighted by atomic mass is 15.1. The van der Waals surface area contributed by atoms with E-state index in [1.54, 1.807) is 0 Å². The van der Waals surface area contributed by atoms with E-state index in [0.717, 1.165) is 50.8 Å². The number of allylic oxidation sites excluding steroid dienone is 5. The zero-order chi connectivity index (χ0) is 27.8. The van der Waals surface area contributed by atoms with Gasteiger partial charge in [0.25, 0.3) is 0 Å². The van der Waals surface area contributed by atoms with E-state index in [-0.39, 0.29) is 5.92 Å². The van der Waals surface area contributed by atoms with Crippen LogP contribution in [0.1, 0.15) is 66.6 Å². The normalized spacial score (nSPS) is 13.4. The van der Waals surface area contributed by atoms with E-state index in [1.807, 2.05) is 32.1 Å². The lowest BCUT2D eigenvalue weighted by atomic mass is 9.92. The van der Waals surface area contributed by atoms with E-state index in [2.05, 4.69) is 128 Å². The predicted molar refractivity (Wildman–Crippen MR) is 174 cm³/mol. The Labute approximate surface area is 233 Å². The topological polar surface area (TPSA) is 30.9 Å². The minimum Gasteiger partial charge on any atom is -0.385 e. The van der Waals surface area contributed by atoms with Crippen molar-refractivity contribution in [2.45, 2.75) is 33.1 Å². The summed E-state index contributed by atoms with van der Waals surface area (Å²) in [4.78, 5) is 0. The third kappa shape index (κ3) is 5.66. The first-order chi connectivity index (χ1) is 19.1. The zero-order valence-corrected chi connectivity index (χ0v) is 23.3. The van der Waals surface area contributed by atoms with Crippen LogP contribution in [0.3, 0.4) is 0 Å². The first-order valence-electron chi connectivity index (χ1n) is 13.6. The summed E-state index contributed by atoms with van der Waals surface area (Å²) in [5.41, 5.74) is 15.8. The molecule has 0 spiro atoms. The van der Waals surface area contributed by atoms with E-state index in [1.165, 1.54) is 5.56 Å². The van der Waals surface area contributed by atoms with Crippen LogP contribution >= 0.6 is 0 Å². The third-order valence-electron chi connectivity index (χ3n) is 7.08. The lowest BCUT2D eigenvalue weighted by Crippen LogP contribution is -2.09. The molecule has 0 bridgehead atoms. The Morgan fingerprint density at radius 1 is 0.846 bits per heavy atom. The fraction of sp³-hybridized carbons (Fsp3) is 0.135. The Bertz CT molecular complexity index is 1580. The van der Waals surface area contributed by atoms with Crippen LogP contribution in [-0.2, 0) is 0 Å². The molecule has 4 rings (SSSR count). The molecule has 0 saturated heterocycles. The van der Waals surface area contributed by atoms with Gasteiger partial charge in [0.05, 0.1) is 11.2 Å². The second kappa shape index (κ2) is 12.8. The Morgan fingerprint density at radius 2 is 1.49 bits per heavy atom. The number of fused-ring (bicyclic) bond motifs is 1. The zero-order valence-electron chi connectivity index (χ0n) is 23.3. The van der Waals surface area contributed by atoms with Crippen LogP contribution in [0.25, 0.3) is 46.6 Å². The minimum atomic E-state index is 0.265. The summed E-state index contributed by atoms with van der Waals surface area (Å²) in [5, 5.41) is 1.14. The van der Waals surface area contributed by atoms with Gasteiger partial charge in [0, 0.05) is 16.9 Å². The average Bonchev–Trinajstić information content (AvgIpc) is 3.30. The van der Waals surface area contributed by atoms with Gasteiger partial charge < -0.3 is 5.73 Å². The molecule has 3 aromatic carbocycles. The molecule has 0 aliphatic rings. The summed E-state index contributed by atoms with van der Waals surface area (Å²) in [6, 6.07) is 25.4. The molecule has 0 aliphatic heterocycles. The molecule has 2 nitrogen and oxygen atoms in total. The average molecular weight is 511 g/mol. The first-order valence-corrected chi connectivity index (χ1v) is 13.6. The summed E-state index contributed by atoms with van der Waals surface area (Å²) in [7, 11) is 0. The molecule has 0 amide bonds. The van der Waals surface area contributed by atoms with Crippen LogP contribution in [0.2, 0.25) is 0 Å². The molecule has 0 radical (unpaired) electrons. The summed E-state index contributed by atoms with van der Waals surface area (Å²) >= 11 is 0. The van der Waals surface area contributed by atoms with E-state index < -0.39 is 0 Å². The molecule has 39 heavy (non-hydrogen) atoms. The molecule has 2 N–H and O–H groups in total. The monoisotopic (exact) mass is 510 g/mol. The van der Waals surface area contributed by atoms with Gasteiger partial charge in [-0.3, -0.25) is 4.57 Å². The van der Waals surface area contributed by atoms with Gasteiger partial charge in [-0.2, -0.15) is 0 Å². The lowest BCUT2D eigenvalue weighted by molar-refractivity contribution is 0.807. The third-order valence-corrected chi connectivity index (χ3v) is 7.08. The largest absolute Gasteiger partial charge is 0.385 e. The smallest absolute Gasteiger partial charge is 0.108 e. The molecule has 0 saturated carbocycles. The van der Waals surface area contributed by atoms with Crippen molar-refractivity contribution in [2.75, 3.05) is 0 Å². The Morgan fingerprint density at radius 3 is 2.08 bits per heavy atom. The maximum atomic E-state index is 7.01. The highest BCUT2D eigenvalue weighted by Gasteiger charge is 2.19. The van der Waals surface area contributed by atoms with Crippen molar-refractivity contribution in [3.05, 3.63) is 144 Å². The van der Waals surface area contributed by atoms with E-state index in [9.17, 15) is 0 Å². The van der Waals surface area contributed by atoms with Crippen molar-refractivity contribution in [3.8, 4) is 0 Å². The van der Waals surface area contributed by atoms with Gasteiger partial charge in [-0.05, 0) is 66.3 Å². The second-order valence-electron chi connectivity index (χ2n) is 9.49. The molecule has 4 aromatic rings. The van der Waals surface area contributed by atoms with Gasteiger partial charge in [0.1, 0.15) is 5.82 Å². The Balaban J connectivity index is 2.01. The highest BCUT2D eigenvalue weighted by Crippen LogP contribution is 2.36. The number of hydrogen-bond acceptors (Lipinski definition) is 1. The summed E-state index contributed by atoms with van der Waals surface area (Å²) in [5.74, 6) is 0.905. The predicted octanol–water partition coefficient (Wildman–Crippen LogP) is 10.0. The number of hydrogen-bond donors (Lipinski definition) is 1. The van der Waals surface area contributed by atoms with Crippen LogP contribution < -0.4 is 5.73 Å². The number of nitrogens with two attached hydrogens (primary N) is 1. The fourth-order valence-corrected chi connectivity index (χ4v) is 5.26. The fourth-order valence-electron chi connectivity index (χ4n) is 5.26. The molecule has 196 valence electrons. The molecular formula is C37H38N2. The van der Waals surface area contributed by atoms with Gasteiger partial charge >= 0.3 is 0 Å². The first kappa shape index (κ1) is 27.5. The summed E-state index contributed by atoms with van der Waals surface area (Å²) in [6.45, 7) is 14.5. The lowest BCUT2D eigenvalue weighted by Gasteiger charge is -2.15. The van der Waals surface area contributed by atoms with Gasteiger partial charge in [0.15, 0.2) is 0 Å². The van der Waals surface area contributed by atoms with Crippen molar-refractivity contribution >= 4 is 46.6 Å². The Kier molecular flexibility index (Phi) is 9.01. The summed E-state index contributed by atoms with van der Waals surface area (Å²) < 4.78 is 2.12. The minimum absolute atomic E-state index is 0.265. The molecule has 0 fully saturated rings. The maximum absolute atomic E-state index is 7.01. The number of aromatic nitrogens is 1. The van der Waals surface area contributed by atoms with Crippen LogP contribution in [0.5, 0.6) is 0 Å². The number of nitrogens with zero attached hydrogens (tertiary/aromatic N) is 1. The van der Waals surface area contributed by atoms with Gasteiger partial charge in [-0.15, -0.1) is 0 Å². The number of benzene rings is 3. The van der Waals surface area contributed by atoms with Crippen LogP contribution in [0.4, 0.5) is 0 Å². The quantitative estimate of drug-likeness (QED) is 0.211.